The highest BCUT2D eigenvalue weighted by atomic mass is 32.1. The van der Waals surface area contributed by atoms with Gasteiger partial charge in [0.2, 0.25) is 0 Å². The highest BCUT2D eigenvalue weighted by Gasteiger charge is 2.30. The van der Waals surface area contributed by atoms with Crippen LogP contribution in [0.1, 0.15) is 77.9 Å². The van der Waals surface area contributed by atoms with Gasteiger partial charge >= 0.3 is 0 Å². The van der Waals surface area contributed by atoms with Crippen molar-refractivity contribution < 1.29 is 14.1 Å². The summed E-state index contributed by atoms with van der Waals surface area (Å²) in [6, 6.07) is 17.1. The van der Waals surface area contributed by atoms with Crippen molar-refractivity contribution in [3.05, 3.63) is 81.9 Å². The number of likely N-dealkylation sites (tertiary alicyclic amines) is 1. The number of thiazole rings is 1. The lowest BCUT2D eigenvalue weighted by molar-refractivity contribution is 0.0706. The molecule has 1 fully saturated rings. The predicted octanol–water partition coefficient (Wildman–Crippen LogP) is 6.96. The number of nitrogens with one attached hydrogen (secondary N) is 1. The molecule has 8 heteroatoms. The summed E-state index contributed by atoms with van der Waals surface area (Å²) in [5.41, 5.74) is 4.40. The number of carbonyl (C=O) groups is 2. The van der Waals surface area contributed by atoms with Crippen molar-refractivity contribution >= 4 is 23.2 Å². The Morgan fingerprint density at radius 2 is 1.68 bits per heavy atom. The highest BCUT2D eigenvalue weighted by Crippen LogP contribution is 2.38. The van der Waals surface area contributed by atoms with E-state index in [0.717, 1.165) is 46.1 Å². The largest absolute Gasteiger partial charge is 0.360 e. The van der Waals surface area contributed by atoms with Gasteiger partial charge in [-0.1, -0.05) is 68.4 Å². The van der Waals surface area contributed by atoms with Crippen molar-refractivity contribution in [1.29, 1.82) is 0 Å². The Balaban J connectivity index is 1.27. The fraction of sp³-hybridized carbons (Fsp3) is 0.375. The summed E-state index contributed by atoms with van der Waals surface area (Å²) in [5.74, 6) is 0.709. The zero-order valence-electron chi connectivity index (χ0n) is 23.7. The molecule has 2 aromatic heterocycles. The molecule has 1 aliphatic heterocycles. The number of aromatic nitrogens is 2. The highest BCUT2D eigenvalue weighted by molar-refractivity contribution is 7.10. The fourth-order valence-electron chi connectivity index (χ4n) is 4.92. The lowest BCUT2D eigenvalue weighted by Gasteiger charge is -2.32. The zero-order valence-corrected chi connectivity index (χ0v) is 24.5. The maximum absolute atomic E-state index is 13.5. The molecular weight excluding hydrogens is 520 g/mol. The Kier molecular flexibility index (Phi) is 7.90. The number of rotatable bonds is 6. The molecule has 0 radical (unpaired) electrons. The van der Waals surface area contributed by atoms with Gasteiger partial charge in [-0.05, 0) is 44.2 Å². The first-order chi connectivity index (χ1) is 19.1. The third-order valence-corrected chi connectivity index (χ3v) is 8.88. The molecule has 2 aromatic carbocycles. The standard InChI is InChI=1S/C32H36N4O3S/c1-20-27(28(35-39-20)22-11-7-6-8-12-22)26-19-40-30(34-26)23-15-17-36(18-16-23)31(38)25-14-10-9-13-24(25)29(37)33-21(2)32(3,4)5/h6-14,19,21,23H,15-18H2,1-5H3,(H,33,37). The molecule has 40 heavy (non-hydrogen) atoms. The van der Waals surface area contributed by atoms with Crippen LogP contribution in [0.25, 0.3) is 22.5 Å². The molecule has 0 spiro atoms. The van der Waals surface area contributed by atoms with Crippen LogP contribution >= 0.6 is 11.3 Å². The van der Waals surface area contributed by atoms with Crippen LogP contribution < -0.4 is 5.32 Å². The summed E-state index contributed by atoms with van der Waals surface area (Å²) >= 11 is 1.65. The normalized spacial score (nSPS) is 15.2. The van der Waals surface area contributed by atoms with Crippen LogP contribution in [0.15, 0.2) is 64.5 Å². The molecule has 0 aliphatic carbocycles. The maximum Gasteiger partial charge on any atom is 0.254 e. The van der Waals surface area contributed by atoms with Gasteiger partial charge in [-0.15, -0.1) is 11.3 Å². The lowest BCUT2D eigenvalue weighted by atomic mass is 9.88. The predicted molar refractivity (Wildman–Crippen MR) is 158 cm³/mol. The summed E-state index contributed by atoms with van der Waals surface area (Å²) < 4.78 is 5.55. The van der Waals surface area contributed by atoms with Gasteiger partial charge in [-0.25, -0.2) is 4.98 Å². The number of amides is 2. The van der Waals surface area contributed by atoms with Crippen molar-refractivity contribution in [1.82, 2.24) is 20.4 Å². The van der Waals surface area contributed by atoms with Crippen molar-refractivity contribution in [3.8, 4) is 22.5 Å². The average Bonchev–Trinajstić information content (AvgIpc) is 3.59. The van der Waals surface area contributed by atoms with E-state index in [1.54, 1.807) is 29.5 Å². The van der Waals surface area contributed by atoms with Crippen LogP contribution in [-0.4, -0.2) is 46.0 Å². The van der Waals surface area contributed by atoms with Crippen LogP contribution in [0.5, 0.6) is 0 Å². The van der Waals surface area contributed by atoms with E-state index in [-0.39, 0.29) is 29.2 Å². The van der Waals surface area contributed by atoms with E-state index in [4.69, 9.17) is 9.51 Å². The molecule has 1 saturated heterocycles. The Hall–Kier alpha value is -3.78. The summed E-state index contributed by atoms with van der Waals surface area (Å²) in [6.07, 6.45) is 1.64. The quantitative estimate of drug-likeness (QED) is 0.277. The van der Waals surface area contributed by atoms with Crippen LogP contribution in [0, 0.1) is 12.3 Å². The SMILES string of the molecule is Cc1onc(-c2ccccc2)c1-c1csc(C2CCN(C(=O)c3ccccc3C(=O)NC(C)C(C)(C)C)CC2)n1. The molecule has 5 rings (SSSR count). The molecule has 1 unspecified atom stereocenters. The van der Waals surface area contributed by atoms with E-state index in [1.807, 2.05) is 55.1 Å². The van der Waals surface area contributed by atoms with Gasteiger partial charge in [0.15, 0.2) is 0 Å². The molecule has 7 nitrogen and oxygen atoms in total. The second kappa shape index (κ2) is 11.4. The van der Waals surface area contributed by atoms with Crippen LogP contribution in [0.2, 0.25) is 0 Å². The minimum Gasteiger partial charge on any atom is -0.360 e. The summed E-state index contributed by atoms with van der Waals surface area (Å²) in [6.45, 7) is 11.4. The van der Waals surface area contributed by atoms with Gasteiger partial charge < -0.3 is 14.7 Å². The van der Waals surface area contributed by atoms with E-state index in [2.05, 4.69) is 36.6 Å². The molecule has 3 heterocycles. The fourth-order valence-corrected chi connectivity index (χ4v) is 5.90. The van der Waals surface area contributed by atoms with Crippen molar-refractivity contribution in [2.24, 2.45) is 5.41 Å². The first kappa shape index (κ1) is 27.8. The van der Waals surface area contributed by atoms with Crippen molar-refractivity contribution in [2.45, 2.75) is 59.4 Å². The zero-order chi connectivity index (χ0) is 28.4. The topological polar surface area (TPSA) is 88.3 Å². The second-order valence-corrected chi connectivity index (χ2v) is 12.5. The molecule has 208 valence electrons. The number of benzene rings is 2. The molecule has 1 N–H and O–H groups in total. The number of hydrogen-bond acceptors (Lipinski definition) is 6. The smallest absolute Gasteiger partial charge is 0.254 e. The summed E-state index contributed by atoms with van der Waals surface area (Å²) in [7, 11) is 0. The Morgan fingerprint density at radius 3 is 2.35 bits per heavy atom. The van der Waals surface area contributed by atoms with Gasteiger partial charge in [0.25, 0.3) is 11.8 Å². The minimum atomic E-state index is -0.213. The minimum absolute atomic E-state index is 0.0347. The molecule has 4 aromatic rings. The van der Waals surface area contributed by atoms with E-state index in [0.29, 0.717) is 24.2 Å². The Morgan fingerprint density at radius 1 is 1.02 bits per heavy atom. The van der Waals surface area contributed by atoms with Gasteiger partial charge in [-0.3, -0.25) is 9.59 Å². The first-order valence-corrected chi connectivity index (χ1v) is 14.7. The Bertz CT molecular complexity index is 1490. The third kappa shape index (κ3) is 5.72. The molecule has 0 bridgehead atoms. The van der Waals surface area contributed by atoms with Crippen molar-refractivity contribution in [2.75, 3.05) is 13.1 Å². The van der Waals surface area contributed by atoms with Crippen LogP contribution in [0.3, 0.4) is 0 Å². The number of hydrogen-bond donors (Lipinski definition) is 1. The number of piperidine rings is 1. The van der Waals surface area contributed by atoms with Gasteiger partial charge in [0, 0.05) is 36.0 Å². The third-order valence-electron chi connectivity index (χ3n) is 7.87. The van der Waals surface area contributed by atoms with Crippen LogP contribution in [0.4, 0.5) is 0 Å². The Labute approximate surface area is 239 Å². The molecular formula is C32H36N4O3S. The van der Waals surface area contributed by atoms with E-state index >= 15 is 0 Å². The second-order valence-electron chi connectivity index (χ2n) is 11.6. The molecule has 2 amide bonds. The molecule has 1 aliphatic rings. The summed E-state index contributed by atoms with van der Waals surface area (Å²) in [4.78, 5) is 33.5. The number of aryl methyl sites for hydroxylation is 1. The van der Waals surface area contributed by atoms with Crippen LogP contribution in [-0.2, 0) is 0 Å². The van der Waals surface area contributed by atoms with Gasteiger partial charge in [-0.2, -0.15) is 0 Å². The lowest BCUT2D eigenvalue weighted by Crippen LogP contribution is -2.43. The first-order valence-electron chi connectivity index (χ1n) is 13.8. The molecule has 0 saturated carbocycles. The molecule has 1 atom stereocenters. The maximum atomic E-state index is 13.5. The average molecular weight is 557 g/mol. The van der Waals surface area contributed by atoms with Gasteiger partial charge in [0.1, 0.15) is 11.5 Å². The van der Waals surface area contributed by atoms with E-state index in [1.165, 1.54) is 0 Å². The number of carbonyl (C=O) groups excluding carboxylic acids is 2. The van der Waals surface area contributed by atoms with E-state index < -0.39 is 0 Å². The number of nitrogens with zero attached hydrogens (tertiary/aromatic N) is 3. The van der Waals surface area contributed by atoms with Crippen molar-refractivity contribution in [3.63, 3.8) is 0 Å². The van der Waals surface area contributed by atoms with E-state index in [9.17, 15) is 9.59 Å². The summed E-state index contributed by atoms with van der Waals surface area (Å²) in [5, 5.41) is 10.5. The van der Waals surface area contributed by atoms with Gasteiger partial charge in [0.05, 0.1) is 27.4 Å². The monoisotopic (exact) mass is 556 g/mol.